The second-order valence-corrected chi connectivity index (χ2v) is 11.9. The van der Waals surface area contributed by atoms with Crippen LogP contribution < -0.4 is 10.1 Å². The van der Waals surface area contributed by atoms with Gasteiger partial charge in [-0.2, -0.15) is 0 Å². The second kappa shape index (κ2) is 11.4. The molecule has 1 N–H and O–H groups in total. The Morgan fingerprint density at radius 2 is 1.74 bits per heavy atom. The van der Waals surface area contributed by atoms with Crippen molar-refractivity contribution < 1.29 is 9.53 Å². The highest BCUT2D eigenvalue weighted by Gasteiger charge is 2.42. The summed E-state index contributed by atoms with van der Waals surface area (Å²) in [5.41, 5.74) is 1.77. The first kappa shape index (κ1) is 26.0. The molecule has 2 saturated carbocycles. The van der Waals surface area contributed by atoms with Crippen LogP contribution in [0.15, 0.2) is 84.0 Å². The van der Waals surface area contributed by atoms with Crippen molar-refractivity contribution in [3.05, 3.63) is 83.9 Å². The van der Waals surface area contributed by atoms with Crippen molar-refractivity contribution in [2.24, 2.45) is 17.8 Å². The van der Waals surface area contributed by atoms with Crippen molar-refractivity contribution >= 4 is 29.3 Å². The van der Waals surface area contributed by atoms with Crippen molar-refractivity contribution in [2.45, 2.75) is 43.8 Å². The van der Waals surface area contributed by atoms with E-state index in [9.17, 15) is 4.79 Å². The fourth-order valence-electron chi connectivity index (χ4n) is 6.11. The predicted molar refractivity (Wildman–Crippen MR) is 156 cm³/mol. The lowest BCUT2D eigenvalue weighted by atomic mass is 9.84. The monoisotopic (exact) mass is 558 g/mol. The lowest BCUT2D eigenvalue weighted by Gasteiger charge is -2.28. The number of amides is 1. The molecule has 2 bridgehead atoms. The van der Waals surface area contributed by atoms with Crippen molar-refractivity contribution in [1.82, 2.24) is 20.1 Å². The number of carbonyl (C=O) groups excluding carboxylic acids is 1. The number of fused-ring (bicyclic) bond motifs is 2. The zero-order chi connectivity index (χ0) is 26.8. The van der Waals surface area contributed by atoms with Gasteiger partial charge < -0.3 is 10.1 Å². The fourth-order valence-corrected chi connectivity index (χ4v) is 7.00. The average Bonchev–Trinajstić information content (AvgIpc) is 3.70. The molecule has 0 saturated heterocycles. The number of hydrogen-bond donors (Lipinski definition) is 1. The maximum absolute atomic E-state index is 12.9. The van der Waals surface area contributed by atoms with Gasteiger partial charge in [-0.3, -0.25) is 9.36 Å². The summed E-state index contributed by atoms with van der Waals surface area (Å²) in [7, 11) is 0. The van der Waals surface area contributed by atoms with E-state index in [-0.39, 0.29) is 17.7 Å². The van der Waals surface area contributed by atoms with Gasteiger partial charge in [0.25, 0.3) is 0 Å². The van der Waals surface area contributed by atoms with Crippen LogP contribution in [0.4, 0.5) is 0 Å². The summed E-state index contributed by atoms with van der Waals surface area (Å²) in [6, 6.07) is 25.2. The third-order valence-corrected chi connectivity index (χ3v) is 9.15. The van der Waals surface area contributed by atoms with E-state index in [0.717, 1.165) is 34.6 Å². The first-order valence-corrected chi connectivity index (χ1v) is 14.9. The van der Waals surface area contributed by atoms with E-state index in [1.165, 1.54) is 37.4 Å². The van der Waals surface area contributed by atoms with Gasteiger partial charge in [-0.05, 0) is 105 Å². The summed E-state index contributed by atoms with van der Waals surface area (Å²) in [6.07, 6.45) is 5.27. The number of rotatable bonds is 9. The zero-order valence-corrected chi connectivity index (χ0v) is 23.4. The quantitative estimate of drug-likeness (QED) is 0.217. The van der Waals surface area contributed by atoms with Crippen molar-refractivity contribution in [1.29, 1.82) is 0 Å². The molecule has 0 aliphatic heterocycles. The van der Waals surface area contributed by atoms with Gasteiger partial charge in [0.05, 0.1) is 5.75 Å². The number of nitrogens with one attached hydrogen (secondary N) is 1. The lowest BCUT2D eigenvalue weighted by molar-refractivity contribution is -0.119. The standard InChI is InChI=1S/C31H31ClN4O2S/c1-20(28-18-21-7-8-23(28)17-21)33-29(37)19-39-31-35-34-30(22-9-11-24(32)12-10-22)36(31)25-13-15-27(16-14-25)38-26-5-3-2-4-6-26/h2-6,9-16,20-21,23,28H,7-8,17-19H2,1H3,(H,33,37). The molecular formula is C31H31ClN4O2S. The summed E-state index contributed by atoms with van der Waals surface area (Å²) < 4.78 is 7.95. The molecule has 4 aromatic rings. The number of para-hydroxylation sites is 1. The van der Waals surface area contributed by atoms with E-state index < -0.39 is 0 Å². The molecule has 39 heavy (non-hydrogen) atoms. The van der Waals surface area contributed by atoms with Gasteiger partial charge in [0, 0.05) is 22.3 Å². The summed E-state index contributed by atoms with van der Waals surface area (Å²) in [4.78, 5) is 12.9. The Morgan fingerprint density at radius 3 is 2.44 bits per heavy atom. The minimum absolute atomic E-state index is 0.0319. The van der Waals surface area contributed by atoms with Gasteiger partial charge in [-0.15, -0.1) is 10.2 Å². The third-order valence-electron chi connectivity index (χ3n) is 7.97. The first-order valence-electron chi connectivity index (χ1n) is 13.5. The maximum atomic E-state index is 12.9. The number of benzene rings is 3. The van der Waals surface area contributed by atoms with Crippen LogP contribution in [-0.4, -0.2) is 32.5 Å². The SMILES string of the molecule is CC(NC(=O)CSc1nnc(-c2ccc(Cl)cc2)n1-c1ccc(Oc2ccccc2)cc1)C1CC2CCC1C2. The molecule has 6 rings (SSSR count). The summed E-state index contributed by atoms with van der Waals surface area (Å²) in [5, 5.41) is 13.5. The second-order valence-electron chi connectivity index (χ2n) is 10.5. The molecule has 8 heteroatoms. The smallest absolute Gasteiger partial charge is 0.230 e. The largest absolute Gasteiger partial charge is 0.457 e. The van der Waals surface area contributed by atoms with Crippen LogP contribution in [0.25, 0.3) is 17.1 Å². The molecule has 1 aromatic heterocycles. The Labute approximate surface area is 238 Å². The Kier molecular flexibility index (Phi) is 7.62. The van der Waals surface area contributed by atoms with E-state index in [1.54, 1.807) is 0 Å². The Hall–Kier alpha value is -3.29. The Balaban J connectivity index is 1.20. The molecule has 1 heterocycles. The molecule has 6 nitrogen and oxygen atoms in total. The van der Waals surface area contributed by atoms with E-state index in [0.29, 0.717) is 21.9 Å². The Morgan fingerprint density at radius 1 is 1.00 bits per heavy atom. The van der Waals surface area contributed by atoms with Crippen molar-refractivity contribution in [3.63, 3.8) is 0 Å². The van der Waals surface area contributed by atoms with Gasteiger partial charge in [0.15, 0.2) is 11.0 Å². The minimum atomic E-state index is 0.0319. The minimum Gasteiger partial charge on any atom is -0.457 e. The lowest BCUT2D eigenvalue weighted by Crippen LogP contribution is -2.40. The predicted octanol–water partition coefficient (Wildman–Crippen LogP) is 7.41. The number of nitrogens with zero attached hydrogens (tertiary/aromatic N) is 3. The van der Waals surface area contributed by atoms with Gasteiger partial charge in [0.1, 0.15) is 11.5 Å². The molecule has 2 fully saturated rings. The molecule has 3 aromatic carbocycles. The molecule has 4 atom stereocenters. The van der Waals surface area contributed by atoms with Crippen molar-refractivity contribution in [3.8, 4) is 28.6 Å². The van der Waals surface area contributed by atoms with E-state index in [2.05, 4.69) is 22.4 Å². The number of ether oxygens (including phenoxy) is 1. The number of aromatic nitrogens is 3. The highest BCUT2D eigenvalue weighted by Crippen LogP contribution is 2.49. The van der Waals surface area contributed by atoms with Crippen LogP contribution in [0.3, 0.4) is 0 Å². The van der Waals surface area contributed by atoms with Gasteiger partial charge in [0.2, 0.25) is 5.91 Å². The summed E-state index contributed by atoms with van der Waals surface area (Å²) in [5.74, 6) is 4.74. The number of carbonyl (C=O) groups is 1. The first-order chi connectivity index (χ1) is 19.0. The molecule has 2 aliphatic carbocycles. The number of hydrogen-bond acceptors (Lipinski definition) is 5. The van der Waals surface area contributed by atoms with E-state index in [4.69, 9.17) is 16.3 Å². The molecule has 1 amide bonds. The maximum Gasteiger partial charge on any atom is 0.230 e. The summed E-state index contributed by atoms with van der Waals surface area (Å²) >= 11 is 7.53. The van der Waals surface area contributed by atoms with Gasteiger partial charge >= 0.3 is 0 Å². The molecule has 200 valence electrons. The Bertz CT molecular complexity index is 1430. The molecule has 2 aliphatic rings. The normalized spacial score (nSPS) is 20.6. The molecule has 0 spiro atoms. The number of halogens is 1. The molecule has 0 radical (unpaired) electrons. The van der Waals surface area contributed by atoms with Gasteiger partial charge in [-0.25, -0.2) is 0 Å². The van der Waals surface area contributed by atoms with Crippen LogP contribution in [0.1, 0.15) is 32.6 Å². The highest BCUT2D eigenvalue weighted by atomic mass is 35.5. The average molecular weight is 559 g/mol. The molecular weight excluding hydrogens is 528 g/mol. The molecule has 4 unspecified atom stereocenters. The van der Waals surface area contributed by atoms with E-state index >= 15 is 0 Å². The number of thioether (sulfide) groups is 1. The van der Waals surface area contributed by atoms with Gasteiger partial charge in [-0.1, -0.05) is 48.0 Å². The summed E-state index contributed by atoms with van der Waals surface area (Å²) in [6.45, 7) is 2.16. The highest BCUT2D eigenvalue weighted by molar-refractivity contribution is 7.99. The third kappa shape index (κ3) is 5.85. The van der Waals surface area contributed by atoms with Crippen LogP contribution in [0, 0.1) is 17.8 Å². The zero-order valence-electron chi connectivity index (χ0n) is 21.8. The van der Waals surface area contributed by atoms with Crippen LogP contribution in [0.5, 0.6) is 11.5 Å². The fraction of sp³-hybridized carbons (Fsp3) is 0.323. The van der Waals surface area contributed by atoms with Crippen LogP contribution >= 0.6 is 23.4 Å². The topological polar surface area (TPSA) is 69.0 Å². The van der Waals surface area contributed by atoms with E-state index in [1.807, 2.05) is 83.4 Å². The van der Waals surface area contributed by atoms with Crippen molar-refractivity contribution in [2.75, 3.05) is 5.75 Å². The van der Waals surface area contributed by atoms with Crippen LogP contribution in [0.2, 0.25) is 5.02 Å². The van der Waals surface area contributed by atoms with Crippen LogP contribution in [-0.2, 0) is 4.79 Å².